The number of carbonyl (C=O) groups is 6. The molecule has 36 heavy (non-hydrogen) atoms. The molecule has 1 fully saturated rings. The van der Waals surface area contributed by atoms with Crippen molar-refractivity contribution < 1.29 is 57.2 Å². The molecule has 1 rings (SSSR count). The maximum absolute atomic E-state index is 11.7. The first-order chi connectivity index (χ1) is 17.4. The Balaban J connectivity index is 2.37. The third-order valence-electron chi connectivity index (χ3n) is 4.81. The summed E-state index contributed by atoms with van der Waals surface area (Å²) in [6, 6.07) is 0. The molecule has 0 unspecified atom stereocenters. The Kier molecular flexibility index (Phi) is 17.2. The highest BCUT2D eigenvalue weighted by Crippen LogP contribution is 2.04. The summed E-state index contributed by atoms with van der Waals surface area (Å²) < 4.78 is 29.8. The van der Waals surface area contributed by atoms with Gasteiger partial charge in [0.05, 0.1) is 39.6 Å². The molecule has 0 aromatic carbocycles. The third kappa shape index (κ3) is 18.2. The van der Waals surface area contributed by atoms with E-state index in [0.29, 0.717) is 57.8 Å². The lowest BCUT2D eigenvalue weighted by Gasteiger charge is -2.08. The molecule has 0 bridgehead atoms. The smallest absolute Gasteiger partial charge is 0.317 e. The summed E-state index contributed by atoms with van der Waals surface area (Å²) in [6.45, 7) is 0.767. The van der Waals surface area contributed by atoms with Crippen LogP contribution in [0.3, 0.4) is 0 Å². The number of esters is 6. The predicted octanol–water partition coefficient (Wildman–Crippen LogP) is 1.94. The Hall–Kier alpha value is -3.18. The molecular weight excluding hydrogens is 480 g/mol. The monoisotopic (exact) mass is 516 g/mol. The first kappa shape index (κ1) is 30.9. The molecule has 0 aliphatic carbocycles. The van der Waals surface area contributed by atoms with Crippen LogP contribution in [0, 0.1) is 0 Å². The molecule has 0 amide bonds. The van der Waals surface area contributed by atoms with Gasteiger partial charge in [0.2, 0.25) is 0 Å². The molecule has 12 heteroatoms. The number of hydrogen-bond donors (Lipinski definition) is 0. The molecule has 0 aromatic rings. The zero-order valence-corrected chi connectivity index (χ0v) is 20.6. The van der Waals surface area contributed by atoms with Gasteiger partial charge >= 0.3 is 35.8 Å². The van der Waals surface area contributed by atoms with Gasteiger partial charge in [0.15, 0.2) is 0 Å². The molecule has 0 spiro atoms. The van der Waals surface area contributed by atoms with Crippen LogP contribution in [0.25, 0.3) is 0 Å². The SMILES string of the molecule is O=C1CC(=O)OCCCCCOC(=O)CC(=O)OCCCCCOC(=O)CC(=O)OCCCCCO1. The van der Waals surface area contributed by atoms with Crippen molar-refractivity contribution in [3.05, 3.63) is 0 Å². The van der Waals surface area contributed by atoms with E-state index < -0.39 is 55.1 Å². The van der Waals surface area contributed by atoms with Gasteiger partial charge in [-0.3, -0.25) is 28.8 Å². The Bertz CT molecular complexity index is 569. The molecule has 0 radical (unpaired) electrons. The van der Waals surface area contributed by atoms with Crippen molar-refractivity contribution in [1.82, 2.24) is 0 Å². The van der Waals surface area contributed by atoms with Gasteiger partial charge in [-0.05, 0) is 57.8 Å². The van der Waals surface area contributed by atoms with Crippen molar-refractivity contribution in [3.8, 4) is 0 Å². The molecule has 0 aromatic heterocycles. The molecule has 0 N–H and O–H groups in total. The van der Waals surface area contributed by atoms with E-state index in [1.807, 2.05) is 0 Å². The highest BCUT2D eigenvalue weighted by molar-refractivity contribution is 5.92. The quantitative estimate of drug-likeness (QED) is 0.262. The maximum Gasteiger partial charge on any atom is 0.317 e. The first-order valence-electron chi connectivity index (χ1n) is 12.3. The summed E-state index contributed by atoms with van der Waals surface area (Å²) in [5, 5.41) is 0. The van der Waals surface area contributed by atoms with Crippen molar-refractivity contribution >= 4 is 35.8 Å². The van der Waals surface area contributed by atoms with E-state index in [-0.39, 0.29) is 39.6 Å². The summed E-state index contributed by atoms with van der Waals surface area (Å²) in [5.41, 5.74) is 0. The van der Waals surface area contributed by atoms with E-state index >= 15 is 0 Å². The van der Waals surface area contributed by atoms with Crippen molar-refractivity contribution in [2.75, 3.05) is 39.6 Å². The second-order valence-corrected chi connectivity index (χ2v) is 8.04. The van der Waals surface area contributed by atoms with E-state index in [0.717, 1.165) is 0 Å². The summed E-state index contributed by atoms with van der Waals surface area (Å²) >= 11 is 0. The summed E-state index contributed by atoms with van der Waals surface area (Å²) in [4.78, 5) is 69.9. The van der Waals surface area contributed by atoms with Crippen LogP contribution in [0.2, 0.25) is 0 Å². The lowest BCUT2D eigenvalue weighted by atomic mass is 10.2. The number of cyclic esters (lactones) is 6. The molecule has 1 saturated heterocycles. The van der Waals surface area contributed by atoms with E-state index in [1.54, 1.807) is 0 Å². The minimum absolute atomic E-state index is 0.128. The van der Waals surface area contributed by atoms with Crippen LogP contribution in [0.15, 0.2) is 0 Å². The topological polar surface area (TPSA) is 158 Å². The van der Waals surface area contributed by atoms with Gasteiger partial charge in [0, 0.05) is 0 Å². The Morgan fingerprint density at radius 3 is 0.611 bits per heavy atom. The van der Waals surface area contributed by atoms with E-state index in [2.05, 4.69) is 0 Å². The largest absolute Gasteiger partial charge is 0.465 e. The highest BCUT2D eigenvalue weighted by Gasteiger charge is 2.14. The molecule has 12 nitrogen and oxygen atoms in total. The second-order valence-electron chi connectivity index (χ2n) is 8.04. The van der Waals surface area contributed by atoms with Gasteiger partial charge in [-0.2, -0.15) is 0 Å². The Morgan fingerprint density at radius 2 is 0.444 bits per heavy atom. The lowest BCUT2D eigenvalue weighted by Crippen LogP contribution is -2.16. The molecule has 1 aliphatic rings. The average Bonchev–Trinajstić information content (AvgIpc) is 2.81. The number of carbonyl (C=O) groups excluding carboxylic acids is 6. The van der Waals surface area contributed by atoms with Gasteiger partial charge in [0.1, 0.15) is 19.3 Å². The van der Waals surface area contributed by atoms with Crippen molar-refractivity contribution in [2.24, 2.45) is 0 Å². The van der Waals surface area contributed by atoms with Crippen LogP contribution in [0.4, 0.5) is 0 Å². The normalized spacial score (nSPS) is 21.0. The fourth-order valence-corrected chi connectivity index (χ4v) is 2.92. The Labute approximate surface area is 210 Å². The number of rotatable bonds is 0. The maximum atomic E-state index is 11.7. The van der Waals surface area contributed by atoms with Crippen LogP contribution in [-0.4, -0.2) is 75.5 Å². The molecule has 1 heterocycles. The molecule has 1 aliphatic heterocycles. The van der Waals surface area contributed by atoms with Gasteiger partial charge < -0.3 is 28.4 Å². The molecule has 0 atom stereocenters. The molecule has 0 saturated carbocycles. The minimum Gasteiger partial charge on any atom is -0.465 e. The summed E-state index contributed by atoms with van der Waals surface area (Å²) in [7, 11) is 0. The Morgan fingerprint density at radius 1 is 0.278 bits per heavy atom. The van der Waals surface area contributed by atoms with Crippen molar-refractivity contribution in [1.29, 1.82) is 0 Å². The summed E-state index contributed by atoms with van der Waals surface area (Å²) in [5.74, 6) is -4.11. The number of hydrogen-bond acceptors (Lipinski definition) is 12. The fourth-order valence-electron chi connectivity index (χ4n) is 2.92. The minimum atomic E-state index is -0.685. The fraction of sp³-hybridized carbons (Fsp3) is 0.750. The van der Waals surface area contributed by atoms with Gasteiger partial charge in [-0.25, -0.2) is 0 Å². The zero-order chi connectivity index (χ0) is 26.4. The van der Waals surface area contributed by atoms with Gasteiger partial charge in [-0.1, -0.05) is 0 Å². The van der Waals surface area contributed by atoms with Crippen LogP contribution >= 0.6 is 0 Å². The van der Waals surface area contributed by atoms with E-state index in [4.69, 9.17) is 28.4 Å². The summed E-state index contributed by atoms with van der Waals surface area (Å²) in [6.07, 6.45) is 3.61. The second kappa shape index (κ2) is 20.1. The standard InChI is InChI=1S/C24H36O12/c25-19-16-21(27)33-12-6-2-8-14-35-23(29)18-24(30)36-15-9-3-7-13-34-22(28)17-20(26)32-11-5-1-4-10-31-19/h1-18H2. The van der Waals surface area contributed by atoms with Crippen LogP contribution in [-0.2, 0) is 57.2 Å². The van der Waals surface area contributed by atoms with Crippen LogP contribution in [0.1, 0.15) is 77.0 Å². The van der Waals surface area contributed by atoms with Crippen molar-refractivity contribution in [2.45, 2.75) is 77.0 Å². The number of ether oxygens (including phenoxy) is 6. The first-order valence-corrected chi connectivity index (χ1v) is 12.3. The van der Waals surface area contributed by atoms with E-state index in [9.17, 15) is 28.8 Å². The molecular formula is C24H36O12. The highest BCUT2D eigenvalue weighted by atomic mass is 16.6. The molecule has 204 valence electrons. The predicted molar refractivity (Wildman–Crippen MR) is 121 cm³/mol. The van der Waals surface area contributed by atoms with Crippen molar-refractivity contribution in [3.63, 3.8) is 0 Å². The third-order valence-corrected chi connectivity index (χ3v) is 4.81. The zero-order valence-electron chi connectivity index (χ0n) is 20.6. The van der Waals surface area contributed by atoms with Gasteiger partial charge in [-0.15, -0.1) is 0 Å². The van der Waals surface area contributed by atoms with Gasteiger partial charge in [0.25, 0.3) is 0 Å². The average molecular weight is 517 g/mol. The van der Waals surface area contributed by atoms with Crippen LogP contribution < -0.4 is 0 Å². The lowest BCUT2D eigenvalue weighted by molar-refractivity contribution is -0.156. The van der Waals surface area contributed by atoms with Crippen LogP contribution in [0.5, 0.6) is 0 Å². The van der Waals surface area contributed by atoms with E-state index in [1.165, 1.54) is 0 Å².